The molecule has 21 heavy (non-hydrogen) atoms. The predicted octanol–water partition coefficient (Wildman–Crippen LogP) is 1.33. The summed E-state index contributed by atoms with van der Waals surface area (Å²) in [6.45, 7) is 0. The highest BCUT2D eigenvalue weighted by Crippen LogP contribution is 2.13. The van der Waals surface area contributed by atoms with Crippen LogP contribution in [0.3, 0.4) is 0 Å². The number of aromatic nitrogens is 5. The first-order chi connectivity index (χ1) is 10.3. The van der Waals surface area contributed by atoms with E-state index in [4.69, 9.17) is 0 Å². The number of anilines is 1. The highest BCUT2D eigenvalue weighted by Gasteiger charge is 2.16. The molecule has 0 aliphatic carbocycles. The molecule has 1 amide bonds. The first-order valence-corrected chi connectivity index (χ1v) is 6.26. The number of carbonyl (C=O) groups is 1. The molecule has 0 saturated heterocycles. The van der Waals surface area contributed by atoms with Gasteiger partial charge in [0.05, 0.1) is 29.8 Å². The van der Waals surface area contributed by atoms with Crippen molar-refractivity contribution >= 4 is 11.6 Å². The van der Waals surface area contributed by atoms with Crippen LogP contribution in [0.2, 0.25) is 0 Å². The van der Waals surface area contributed by atoms with Gasteiger partial charge in [0, 0.05) is 19.4 Å². The molecule has 3 rings (SSSR count). The van der Waals surface area contributed by atoms with Gasteiger partial charge in [0.15, 0.2) is 5.82 Å². The summed E-state index contributed by atoms with van der Waals surface area (Å²) in [5.74, 6) is 0.481. The van der Waals surface area contributed by atoms with Gasteiger partial charge in [-0.25, -0.2) is 9.67 Å². The molecule has 7 heteroatoms. The van der Waals surface area contributed by atoms with Gasteiger partial charge in [-0.3, -0.25) is 4.79 Å². The number of hydrogen-bond acceptors (Lipinski definition) is 5. The van der Waals surface area contributed by atoms with Gasteiger partial charge in [0.1, 0.15) is 0 Å². The largest absolute Gasteiger partial charge is 0.310 e. The minimum atomic E-state index is -0.176. The fourth-order valence-corrected chi connectivity index (χ4v) is 1.84. The molecule has 0 N–H and O–H groups in total. The Bertz CT molecular complexity index is 740. The van der Waals surface area contributed by atoms with Crippen molar-refractivity contribution in [2.75, 3.05) is 11.9 Å². The molecule has 0 atom stereocenters. The van der Waals surface area contributed by atoms with Crippen LogP contribution in [0.5, 0.6) is 0 Å². The van der Waals surface area contributed by atoms with Crippen LogP contribution in [0.4, 0.5) is 5.69 Å². The average Bonchev–Trinajstić information content (AvgIpc) is 3.05. The van der Waals surface area contributed by atoms with Gasteiger partial charge in [-0.15, -0.1) is 0 Å². The lowest BCUT2D eigenvalue weighted by Crippen LogP contribution is -2.26. The average molecular weight is 280 g/mol. The molecule has 0 aliphatic rings. The third kappa shape index (κ3) is 2.62. The van der Waals surface area contributed by atoms with Crippen LogP contribution in [0.25, 0.3) is 5.82 Å². The molecule has 0 bridgehead atoms. The highest BCUT2D eigenvalue weighted by atomic mass is 16.2. The SMILES string of the molecule is CN(C(=O)c1cnn(-c2ccccn2)c1)c1ccnnc1. The molecule has 0 aromatic carbocycles. The van der Waals surface area contributed by atoms with Crippen molar-refractivity contribution in [1.29, 1.82) is 0 Å². The van der Waals surface area contributed by atoms with Crippen LogP contribution in [0.15, 0.2) is 55.2 Å². The van der Waals surface area contributed by atoms with Crippen LogP contribution < -0.4 is 4.90 Å². The fraction of sp³-hybridized carbons (Fsp3) is 0.0714. The Labute approximate surface area is 120 Å². The summed E-state index contributed by atoms with van der Waals surface area (Å²) in [5.41, 5.74) is 1.14. The van der Waals surface area contributed by atoms with E-state index < -0.39 is 0 Å². The molecule has 3 aromatic heterocycles. The van der Waals surface area contributed by atoms with Crippen LogP contribution in [-0.2, 0) is 0 Å². The number of amides is 1. The zero-order valence-corrected chi connectivity index (χ0v) is 11.3. The zero-order valence-electron chi connectivity index (χ0n) is 11.3. The van der Waals surface area contributed by atoms with Gasteiger partial charge < -0.3 is 4.90 Å². The summed E-state index contributed by atoms with van der Waals surface area (Å²) in [5, 5.41) is 11.6. The van der Waals surface area contributed by atoms with E-state index in [9.17, 15) is 4.79 Å². The van der Waals surface area contributed by atoms with E-state index in [1.165, 1.54) is 23.5 Å². The van der Waals surface area contributed by atoms with Crippen molar-refractivity contribution < 1.29 is 4.79 Å². The Morgan fingerprint density at radius 3 is 2.76 bits per heavy atom. The van der Waals surface area contributed by atoms with Crippen molar-refractivity contribution in [3.63, 3.8) is 0 Å². The van der Waals surface area contributed by atoms with E-state index in [0.717, 1.165) is 0 Å². The summed E-state index contributed by atoms with van der Waals surface area (Å²) in [6.07, 6.45) is 7.91. The molecule has 0 spiro atoms. The lowest BCUT2D eigenvalue weighted by Gasteiger charge is -2.15. The van der Waals surface area contributed by atoms with Crippen LogP contribution in [-0.4, -0.2) is 37.9 Å². The van der Waals surface area contributed by atoms with E-state index >= 15 is 0 Å². The second-order valence-electron chi connectivity index (χ2n) is 4.33. The minimum absolute atomic E-state index is 0.176. The molecule has 3 aromatic rings. The standard InChI is InChI=1S/C14H12N6O/c1-19(12-5-7-16-17-9-12)14(21)11-8-18-20(10-11)13-4-2-3-6-15-13/h2-10H,1H3. The van der Waals surface area contributed by atoms with Crippen molar-refractivity contribution in [2.45, 2.75) is 0 Å². The van der Waals surface area contributed by atoms with E-state index in [1.54, 1.807) is 30.2 Å². The molecule has 0 fully saturated rings. The smallest absolute Gasteiger partial charge is 0.261 e. The number of carbonyl (C=O) groups excluding carboxylic acids is 1. The monoisotopic (exact) mass is 280 g/mol. The van der Waals surface area contributed by atoms with Gasteiger partial charge in [-0.05, 0) is 18.2 Å². The third-order valence-electron chi connectivity index (χ3n) is 2.97. The second kappa shape index (κ2) is 5.49. The van der Waals surface area contributed by atoms with Crippen LogP contribution in [0.1, 0.15) is 10.4 Å². The van der Waals surface area contributed by atoms with E-state index in [0.29, 0.717) is 17.1 Å². The highest BCUT2D eigenvalue weighted by molar-refractivity contribution is 6.05. The number of rotatable bonds is 3. The van der Waals surface area contributed by atoms with E-state index in [1.807, 2.05) is 18.2 Å². The van der Waals surface area contributed by atoms with Crippen LogP contribution >= 0.6 is 0 Å². The topological polar surface area (TPSA) is 76.8 Å². The molecular weight excluding hydrogens is 268 g/mol. The van der Waals surface area contributed by atoms with Gasteiger partial charge in [0.2, 0.25) is 0 Å². The summed E-state index contributed by atoms with van der Waals surface area (Å²) in [6, 6.07) is 7.22. The molecule has 0 unspecified atom stereocenters. The third-order valence-corrected chi connectivity index (χ3v) is 2.97. The summed E-state index contributed by atoms with van der Waals surface area (Å²) in [4.78, 5) is 18.1. The molecule has 0 radical (unpaired) electrons. The lowest BCUT2D eigenvalue weighted by molar-refractivity contribution is 0.0993. The molecule has 104 valence electrons. The van der Waals surface area contributed by atoms with Crippen molar-refractivity contribution in [2.24, 2.45) is 0 Å². The molecule has 7 nitrogen and oxygen atoms in total. The zero-order chi connectivity index (χ0) is 14.7. The molecule has 3 heterocycles. The summed E-state index contributed by atoms with van der Waals surface area (Å²) >= 11 is 0. The number of pyridine rings is 1. The maximum atomic E-state index is 12.4. The number of hydrogen-bond donors (Lipinski definition) is 0. The Morgan fingerprint density at radius 1 is 1.14 bits per heavy atom. The Balaban J connectivity index is 1.85. The van der Waals surface area contributed by atoms with Crippen molar-refractivity contribution in [3.8, 4) is 5.82 Å². The van der Waals surface area contributed by atoms with Crippen LogP contribution in [0, 0.1) is 0 Å². The van der Waals surface area contributed by atoms with Gasteiger partial charge in [-0.2, -0.15) is 15.3 Å². The van der Waals surface area contributed by atoms with E-state index in [-0.39, 0.29) is 5.91 Å². The molecular formula is C14H12N6O. The maximum absolute atomic E-state index is 12.4. The first kappa shape index (κ1) is 12.9. The van der Waals surface area contributed by atoms with Crippen molar-refractivity contribution in [1.82, 2.24) is 25.0 Å². The minimum Gasteiger partial charge on any atom is -0.310 e. The Kier molecular flexibility index (Phi) is 3.38. The Hall–Kier alpha value is -3.09. The normalized spacial score (nSPS) is 10.3. The second-order valence-corrected chi connectivity index (χ2v) is 4.33. The lowest BCUT2D eigenvalue weighted by atomic mass is 10.3. The van der Waals surface area contributed by atoms with E-state index in [2.05, 4.69) is 20.3 Å². The quantitative estimate of drug-likeness (QED) is 0.723. The summed E-state index contributed by atoms with van der Waals surface area (Å²) in [7, 11) is 1.68. The predicted molar refractivity (Wildman–Crippen MR) is 76.1 cm³/mol. The fourth-order valence-electron chi connectivity index (χ4n) is 1.84. The summed E-state index contributed by atoms with van der Waals surface area (Å²) < 4.78 is 1.56. The van der Waals surface area contributed by atoms with Gasteiger partial charge >= 0.3 is 0 Å². The molecule has 0 saturated carbocycles. The first-order valence-electron chi connectivity index (χ1n) is 6.26. The molecule has 0 aliphatic heterocycles. The number of nitrogens with zero attached hydrogens (tertiary/aromatic N) is 6. The maximum Gasteiger partial charge on any atom is 0.261 e. The van der Waals surface area contributed by atoms with Crippen molar-refractivity contribution in [3.05, 3.63) is 60.8 Å². The van der Waals surface area contributed by atoms with Gasteiger partial charge in [0.25, 0.3) is 5.91 Å². The van der Waals surface area contributed by atoms with Gasteiger partial charge in [-0.1, -0.05) is 6.07 Å². The Morgan fingerprint density at radius 2 is 2.05 bits per heavy atom.